The summed E-state index contributed by atoms with van der Waals surface area (Å²) in [6.45, 7) is 0.674. The maximum Gasteiger partial charge on any atom is 0.150 e. The molecule has 0 aliphatic heterocycles. The van der Waals surface area contributed by atoms with Crippen molar-refractivity contribution in [2.75, 3.05) is 11.6 Å². The molecule has 3 rings (SSSR count). The minimum absolute atomic E-state index is 0.674. The van der Waals surface area contributed by atoms with E-state index in [1.165, 1.54) is 4.70 Å². The smallest absolute Gasteiger partial charge is 0.150 e. The van der Waals surface area contributed by atoms with Gasteiger partial charge < -0.3 is 5.32 Å². The van der Waals surface area contributed by atoms with Gasteiger partial charge in [0.15, 0.2) is 4.34 Å². The van der Waals surface area contributed by atoms with E-state index < -0.39 is 0 Å². The minimum atomic E-state index is 0.674. The highest BCUT2D eigenvalue weighted by atomic mass is 79.9. The molecule has 1 aromatic carbocycles. The first kappa shape index (κ1) is 15.3. The lowest BCUT2D eigenvalue weighted by Gasteiger charge is -2.07. The summed E-state index contributed by atoms with van der Waals surface area (Å²) in [4.78, 5) is 8.95. The number of fused-ring (bicyclic) bond motifs is 1. The van der Waals surface area contributed by atoms with Gasteiger partial charge >= 0.3 is 0 Å². The second-order valence-electron chi connectivity index (χ2n) is 4.30. The number of thiazole rings is 1. The Morgan fingerprint density at radius 2 is 2.14 bits per heavy atom. The lowest BCUT2D eigenvalue weighted by atomic mass is 10.3. The van der Waals surface area contributed by atoms with Crippen LogP contribution in [-0.4, -0.2) is 16.2 Å². The summed E-state index contributed by atoms with van der Waals surface area (Å²) in [7, 11) is 0. The maximum absolute atomic E-state index is 4.54. The Morgan fingerprint density at radius 3 is 2.90 bits per heavy atom. The third-order valence-corrected chi connectivity index (χ3v) is 6.01. The predicted octanol–water partition coefficient (Wildman–Crippen LogP) is 5.55. The van der Waals surface area contributed by atoms with Gasteiger partial charge in [0.1, 0.15) is 0 Å². The predicted molar refractivity (Wildman–Crippen MR) is 98.4 cm³/mol. The van der Waals surface area contributed by atoms with Crippen LogP contribution in [0.1, 0.15) is 5.69 Å². The van der Waals surface area contributed by atoms with Gasteiger partial charge in [-0.15, -0.1) is 11.3 Å². The zero-order valence-corrected chi connectivity index (χ0v) is 15.9. The van der Waals surface area contributed by atoms with E-state index in [0.717, 1.165) is 30.2 Å². The van der Waals surface area contributed by atoms with Gasteiger partial charge in [-0.25, -0.2) is 4.98 Å². The monoisotopic (exact) mass is 443 g/mol. The highest BCUT2D eigenvalue weighted by Gasteiger charge is 2.05. The van der Waals surface area contributed by atoms with E-state index in [2.05, 4.69) is 65.3 Å². The number of pyridine rings is 1. The van der Waals surface area contributed by atoms with Crippen molar-refractivity contribution in [2.45, 2.75) is 10.9 Å². The van der Waals surface area contributed by atoms with E-state index in [0.29, 0.717) is 6.54 Å². The van der Waals surface area contributed by atoms with E-state index in [-0.39, 0.29) is 0 Å². The molecule has 0 bridgehead atoms. The Balaban J connectivity index is 1.78. The molecule has 0 aliphatic carbocycles. The highest BCUT2D eigenvalue weighted by Crippen LogP contribution is 2.30. The van der Waals surface area contributed by atoms with Crippen molar-refractivity contribution in [1.82, 2.24) is 9.97 Å². The van der Waals surface area contributed by atoms with Gasteiger partial charge in [0.25, 0.3) is 0 Å². The zero-order valence-electron chi connectivity index (χ0n) is 11.1. The number of anilines is 1. The number of hydrogen-bond donors (Lipinski definition) is 1. The first-order chi connectivity index (χ1) is 10.2. The molecule has 7 heteroatoms. The molecule has 0 saturated carbocycles. The molecule has 0 atom stereocenters. The first-order valence-electron chi connectivity index (χ1n) is 6.14. The van der Waals surface area contributed by atoms with Crippen LogP contribution in [0.5, 0.6) is 0 Å². The maximum atomic E-state index is 4.54. The van der Waals surface area contributed by atoms with Crippen molar-refractivity contribution < 1.29 is 0 Å². The number of nitrogens with zero attached hydrogens (tertiary/aromatic N) is 2. The van der Waals surface area contributed by atoms with Crippen LogP contribution in [0.25, 0.3) is 10.2 Å². The van der Waals surface area contributed by atoms with Gasteiger partial charge in [0.2, 0.25) is 0 Å². The molecular weight excluding hydrogens is 434 g/mol. The molecule has 0 fully saturated rings. The van der Waals surface area contributed by atoms with Crippen LogP contribution in [0, 0.1) is 0 Å². The van der Waals surface area contributed by atoms with E-state index in [9.17, 15) is 0 Å². The zero-order chi connectivity index (χ0) is 14.8. The summed E-state index contributed by atoms with van der Waals surface area (Å²) in [5.41, 5.74) is 3.11. The Bertz CT molecular complexity index is 789. The third-order valence-electron chi connectivity index (χ3n) is 2.89. The van der Waals surface area contributed by atoms with Gasteiger partial charge in [0, 0.05) is 20.8 Å². The van der Waals surface area contributed by atoms with E-state index in [1.807, 2.05) is 12.3 Å². The standard InChI is InChI=1S/C14H11Br2N3S2/c1-20-14-19-11-3-2-9(5-13(11)21-14)17-7-12-10(16)4-8(15)6-18-12/h2-6,17H,7H2,1H3. The lowest BCUT2D eigenvalue weighted by molar-refractivity contribution is 1.03. The summed E-state index contributed by atoms with van der Waals surface area (Å²) in [6, 6.07) is 8.25. The normalized spacial score (nSPS) is 11.0. The van der Waals surface area contributed by atoms with Crippen LogP contribution < -0.4 is 5.32 Å². The molecule has 0 aliphatic rings. The summed E-state index contributed by atoms with van der Waals surface area (Å²) in [5, 5.41) is 3.40. The van der Waals surface area contributed by atoms with Crippen LogP contribution in [-0.2, 0) is 6.54 Å². The quantitative estimate of drug-likeness (QED) is 0.535. The van der Waals surface area contributed by atoms with E-state index in [4.69, 9.17) is 0 Å². The third kappa shape index (κ3) is 3.59. The Hall–Kier alpha value is -0.630. The molecule has 3 nitrogen and oxygen atoms in total. The highest BCUT2D eigenvalue weighted by molar-refractivity contribution is 9.11. The number of aromatic nitrogens is 2. The Kier molecular flexibility index (Phi) is 4.83. The minimum Gasteiger partial charge on any atom is -0.379 e. The fraction of sp³-hybridized carbons (Fsp3) is 0.143. The molecule has 0 unspecified atom stereocenters. The van der Waals surface area contributed by atoms with Crippen molar-refractivity contribution in [3.63, 3.8) is 0 Å². The number of nitrogens with one attached hydrogen (secondary N) is 1. The second kappa shape index (κ2) is 6.64. The summed E-state index contributed by atoms with van der Waals surface area (Å²) in [6.07, 6.45) is 3.85. The van der Waals surface area contributed by atoms with Crippen molar-refractivity contribution in [1.29, 1.82) is 0 Å². The van der Waals surface area contributed by atoms with Crippen molar-refractivity contribution in [3.05, 3.63) is 45.1 Å². The topological polar surface area (TPSA) is 37.8 Å². The van der Waals surface area contributed by atoms with Gasteiger partial charge in [-0.05, 0) is 62.4 Å². The number of rotatable bonds is 4. The van der Waals surface area contributed by atoms with E-state index >= 15 is 0 Å². The molecule has 0 saturated heterocycles. The molecule has 0 radical (unpaired) electrons. The van der Waals surface area contributed by atoms with Crippen LogP contribution in [0.4, 0.5) is 5.69 Å². The van der Waals surface area contributed by atoms with Crippen molar-refractivity contribution in [2.24, 2.45) is 0 Å². The molecule has 2 heterocycles. The van der Waals surface area contributed by atoms with Crippen LogP contribution in [0.3, 0.4) is 0 Å². The number of benzene rings is 1. The number of thioether (sulfide) groups is 1. The first-order valence-corrected chi connectivity index (χ1v) is 9.77. The summed E-state index contributed by atoms with van der Waals surface area (Å²) in [5.74, 6) is 0. The molecule has 21 heavy (non-hydrogen) atoms. The average Bonchev–Trinajstić information content (AvgIpc) is 2.88. The lowest BCUT2D eigenvalue weighted by Crippen LogP contribution is -2.02. The van der Waals surface area contributed by atoms with Crippen molar-refractivity contribution in [3.8, 4) is 0 Å². The van der Waals surface area contributed by atoms with Gasteiger partial charge in [-0.2, -0.15) is 0 Å². The van der Waals surface area contributed by atoms with Gasteiger partial charge in [-0.1, -0.05) is 11.8 Å². The summed E-state index contributed by atoms with van der Waals surface area (Å²) < 4.78 is 4.26. The van der Waals surface area contributed by atoms with Gasteiger partial charge in [0.05, 0.1) is 22.5 Å². The fourth-order valence-electron chi connectivity index (χ4n) is 1.86. The molecular formula is C14H11Br2N3S2. The second-order valence-corrected chi connectivity index (χ2v) is 8.16. The van der Waals surface area contributed by atoms with Crippen LogP contribution in [0.2, 0.25) is 0 Å². The Morgan fingerprint density at radius 1 is 1.29 bits per heavy atom. The molecule has 3 aromatic rings. The molecule has 108 valence electrons. The SMILES string of the molecule is CSc1nc2ccc(NCc3ncc(Br)cc3Br)cc2s1. The molecule has 0 amide bonds. The number of hydrogen-bond acceptors (Lipinski definition) is 5. The van der Waals surface area contributed by atoms with E-state index in [1.54, 1.807) is 29.3 Å². The largest absolute Gasteiger partial charge is 0.379 e. The molecule has 0 spiro atoms. The average molecular weight is 445 g/mol. The van der Waals surface area contributed by atoms with Gasteiger partial charge in [-0.3, -0.25) is 4.98 Å². The van der Waals surface area contributed by atoms with Crippen LogP contribution >= 0.6 is 55.0 Å². The molecule has 1 N–H and O–H groups in total. The van der Waals surface area contributed by atoms with Crippen molar-refractivity contribution >= 4 is 70.9 Å². The van der Waals surface area contributed by atoms with Crippen LogP contribution in [0.15, 0.2) is 43.7 Å². The number of halogens is 2. The summed E-state index contributed by atoms with van der Waals surface area (Å²) >= 11 is 10.3. The fourth-order valence-corrected chi connectivity index (χ4v) is 4.52. The Labute approximate surface area is 147 Å². The molecule has 2 aromatic heterocycles.